The van der Waals surface area contributed by atoms with Crippen molar-refractivity contribution in [2.45, 2.75) is 25.9 Å². The molecule has 14 heavy (non-hydrogen) atoms. The lowest BCUT2D eigenvalue weighted by atomic mass is 10.1. The maximum absolute atomic E-state index is 11.8. The second kappa shape index (κ2) is 4.42. The Morgan fingerprint density at radius 2 is 2.21 bits per heavy atom. The van der Waals surface area contributed by atoms with Crippen molar-refractivity contribution in [1.82, 2.24) is 9.62 Å². The molecular weight excluding hydrogens is 200 g/mol. The van der Waals surface area contributed by atoms with Gasteiger partial charge < -0.3 is 5.32 Å². The predicted octanol–water partition coefficient (Wildman–Crippen LogP) is 0.184. The van der Waals surface area contributed by atoms with E-state index in [4.69, 9.17) is 0 Å². The van der Waals surface area contributed by atoms with Crippen molar-refractivity contribution < 1.29 is 8.42 Å². The molecule has 1 aliphatic rings. The van der Waals surface area contributed by atoms with E-state index in [0.29, 0.717) is 6.54 Å². The van der Waals surface area contributed by atoms with E-state index < -0.39 is 10.0 Å². The van der Waals surface area contributed by atoms with Gasteiger partial charge in [-0.2, -0.15) is 4.31 Å². The zero-order chi connectivity index (χ0) is 10.8. The first-order valence-electron chi connectivity index (χ1n) is 4.83. The quantitative estimate of drug-likeness (QED) is 0.688. The summed E-state index contributed by atoms with van der Waals surface area (Å²) in [5.74, 6) is 0.0318. The van der Waals surface area contributed by atoms with E-state index in [1.165, 1.54) is 6.08 Å². The van der Waals surface area contributed by atoms with Crippen LogP contribution < -0.4 is 5.32 Å². The van der Waals surface area contributed by atoms with E-state index in [2.05, 4.69) is 11.9 Å². The molecule has 0 spiro atoms. The summed E-state index contributed by atoms with van der Waals surface area (Å²) in [5, 5.41) is 3.24. The van der Waals surface area contributed by atoms with E-state index in [0.717, 1.165) is 6.54 Å². The van der Waals surface area contributed by atoms with Crippen LogP contribution in [0, 0.1) is 0 Å². The molecule has 2 unspecified atom stereocenters. The van der Waals surface area contributed by atoms with Crippen LogP contribution >= 0.6 is 0 Å². The average Bonchev–Trinajstić information content (AvgIpc) is 2.09. The van der Waals surface area contributed by atoms with Crippen LogP contribution in [0.4, 0.5) is 0 Å². The maximum Gasteiger partial charge on any atom is 0.218 e. The lowest BCUT2D eigenvalue weighted by Crippen LogP contribution is -2.57. The minimum atomic E-state index is -3.14. The van der Waals surface area contributed by atoms with Crippen molar-refractivity contribution in [2.75, 3.05) is 18.8 Å². The summed E-state index contributed by atoms with van der Waals surface area (Å²) < 4.78 is 25.1. The number of piperazine rings is 1. The summed E-state index contributed by atoms with van der Waals surface area (Å²) in [6, 6.07) is 0.233. The molecule has 0 radical (unpaired) electrons. The first-order valence-corrected chi connectivity index (χ1v) is 6.43. The maximum atomic E-state index is 11.8. The van der Waals surface area contributed by atoms with Crippen LogP contribution in [-0.2, 0) is 10.0 Å². The molecule has 0 bridgehead atoms. The van der Waals surface area contributed by atoms with Gasteiger partial charge in [-0.3, -0.25) is 0 Å². The molecule has 1 saturated heterocycles. The smallest absolute Gasteiger partial charge is 0.218 e. The lowest BCUT2D eigenvalue weighted by molar-refractivity contribution is 0.233. The first kappa shape index (κ1) is 11.7. The van der Waals surface area contributed by atoms with Gasteiger partial charge in [0.05, 0.1) is 5.75 Å². The van der Waals surface area contributed by atoms with Gasteiger partial charge in [0.1, 0.15) is 0 Å². The van der Waals surface area contributed by atoms with Crippen molar-refractivity contribution in [1.29, 1.82) is 0 Å². The molecule has 1 rings (SSSR count). The van der Waals surface area contributed by atoms with E-state index >= 15 is 0 Å². The monoisotopic (exact) mass is 218 g/mol. The van der Waals surface area contributed by atoms with Gasteiger partial charge in [0.2, 0.25) is 10.0 Å². The van der Waals surface area contributed by atoms with Crippen LogP contribution in [0.25, 0.3) is 0 Å². The number of hydrogen-bond donors (Lipinski definition) is 1. The van der Waals surface area contributed by atoms with Crippen LogP contribution in [-0.4, -0.2) is 43.6 Å². The summed E-state index contributed by atoms with van der Waals surface area (Å²) in [5.41, 5.74) is 0. The number of nitrogens with one attached hydrogen (secondary N) is 1. The highest BCUT2D eigenvalue weighted by Gasteiger charge is 2.32. The SMILES string of the molecule is C=CCS(=O)(=O)N1CCNC(C)C1C. The Morgan fingerprint density at radius 3 is 2.79 bits per heavy atom. The minimum Gasteiger partial charge on any atom is -0.311 e. The zero-order valence-corrected chi connectivity index (χ0v) is 9.55. The second-order valence-corrected chi connectivity index (χ2v) is 5.63. The molecule has 0 aromatic heterocycles. The topological polar surface area (TPSA) is 49.4 Å². The molecule has 0 amide bonds. The third-order valence-electron chi connectivity index (χ3n) is 2.66. The zero-order valence-electron chi connectivity index (χ0n) is 8.73. The normalized spacial score (nSPS) is 30.1. The predicted molar refractivity (Wildman–Crippen MR) is 57.6 cm³/mol. The highest BCUT2D eigenvalue weighted by atomic mass is 32.2. The Hall–Kier alpha value is -0.390. The molecule has 1 N–H and O–H groups in total. The van der Waals surface area contributed by atoms with Crippen LogP contribution in [0.5, 0.6) is 0 Å². The van der Waals surface area contributed by atoms with E-state index in [9.17, 15) is 8.42 Å². The number of sulfonamides is 1. The summed E-state index contributed by atoms with van der Waals surface area (Å²) in [6.07, 6.45) is 1.44. The second-order valence-electron chi connectivity index (χ2n) is 3.66. The van der Waals surface area contributed by atoms with Crippen LogP contribution in [0.15, 0.2) is 12.7 Å². The van der Waals surface area contributed by atoms with Gasteiger partial charge in [0.15, 0.2) is 0 Å². The number of nitrogens with zero attached hydrogens (tertiary/aromatic N) is 1. The Kier molecular flexibility index (Phi) is 3.69. The van der Waals surface area contributed by atoms with E-state index in [1.54, 1.807) is 4.31 Å². The fourth-order valence-electron chi connectivity index (χ4n) is 1.66. The molecule has 0 saturated carbocycles. The van der Waals surface area contributed by atoms with Crippen molar-refractivity contribution in [3.63, 3.8) is 0 Å². The van der Waals surface area contributed by atoms with Gasteiger partial charge in [-0.1, -0.05) is 6.08 Å². The fourth-order valence-corrected chi connectivity index (χ4v) is 3.21. The Labute approximate surface area is 86.0 Å². The van der Waals surface area contributed by atoms with Crippen LogP contribution in [0.3, 0.4) is 0 Å². The summed E-state index contributed by atoms with van der Waals surface area (Å²) in [6.45, 7) is 8.67. The third kappa shape index (κ3) is 2.34. The minimum absolute atomic E-state index is 0.0219. The molecule has 1 heterocycles. The van der Waals surface area contributed by atoms with E-state index in [-0.39, 0.29) is 17.8 Å². The number of rotatable bonds is 3. The molecule has 2 atom stereocenters. The average molecular weight is 218 g/mol. The van der Waals surface area contributed by atoms with Crippen LogP contribution in [0.1, 0.15) is 13.8 Å². The van der Waals surface area contributed by atoms with Gasteiger partial charge >= 0.3 is 0 Å². The first-order chi connectivity index (χ1) is 6.49. The Bertz CT molecular complexity index is 300. The largest absolute Gasteiger partial charge is 0.311 e. The van der Waals surface area contributed by atoms with Crippen molar-refractivity contribution in [2.24, 2.45) is 0 Å². The Balaban J connectivity index is 2.80. The molecule has 82 valence electrons. The van der Waals surface area contributed by atoms with Gasteiger partial charge in [-0.05, 0) is 13.8 Å². The van der Waals surface area contributed by atoms with Crippen molar-refractivity contribution in [3.8, 4) is 0 Å². The molecule has 0 aromatic rings. The molecule has 4 nitrogen and oxygen atoms in total. The van der Waals surface area contributed by atoms with Gasteiger partial charge in [0.25, 0.3) is 0 Å². The molecule has 1 fully saturated rings. The highest BCUT2D eigenvalue weighted by molar-refractivity contribution is 7.89. The fraction of sp³-hybridized carbons (Fsp3) is 0.778. The van der Waals surface area contributed by atoms with Crippen molar-refractivity contribution >= 4 is 10.0 Å². The van der Waals surface area contributed by atoms with Gasteiger partial charge in [-0.15, -0.1) is 6.58 Å². The van der Waals surface area contributed by atoms with Gasteiger partial charge in [-0.25, -0.2) is 8.42 Å². The van der Waals surface area contributed by atoms with Gasteiger partial charge in [0, 0.05) is 25.2 Å². The summed E-state index contributed by atoms with van der Waals surface area (Å²) >= 11 is 0. The van der Waals surface area contributed by atoms with Crippen molar-refractivity contribution in [3.05, 3.63) is 12.7 Å². The molecule has 0 aliphatic carbocycles. The standard InChI is InChI=1S/C9H18N2O2S/c1-4-7-14(12,13)11-6-5-10-8(2)9(11)3/h4,8-10H,1,5-7H2,2-3H3. The number of hydrogen-bond acceptors (Lipinski definition) is 3. The lowest BCUT2D eigenvalue weighted by Gasteiger charge is -2.37. The Morgan fingerprint density at radius 1 is 1.57 bits per heavy atom. The molecule has 1 aliphatic heterocycles. The molecule has 0 aromatic carbocycles. The molecular formula is C9H18N2O2S. The van der Waals surface area contributed by atoms with E-state index in [1.807, 2.05) is 13.8 Å². The molecule has 5 heteroatoms. The summed E-state index contributed by atoms with van der Waals surface area (Å²) in [4.78, 5) is 0. The summed E-state index contributed by atoms with van der Waals surface area (Å²) in [7, 11) is -3.14. The third-order valence-corrected chi connectivity index (χ3v) is 4.55. The van der Waals surface area contributed by atoms with Crippen LogP contribution in [0.2, 0.25) is 0 Å². The highest BCUT2D eigenvalue weighted by Crippen LogP contribution is 2.14.